The lowest BCUT2D eigenvalue weighted by atomic mass is 10.0. The van der Waals surface area contributed by atoms with Crippen LogP contribution in [-0.2, 0) is 6.42 Å². The topological polar surface area (TPSA) is 55.6 Å². The van der Waals surface area contributed by atoms with Crippen LogP contribution in [0, 0.1) is 6.92 Å². The first-order chi connectivity index (χ1) is 9.70. The third kappa shape index (κ3) is 2.05. The zero-order valence-corrected chi connectivity index (χ0v) is 11.5. The number of para-hydroxylation sites is 1. The van der Waals surface area contributed by atoms with Crippen molar-refractivity contribution in [2.24, 2.45) is 0 Å². The summed E-state index contributed by atoms with van der Waals surface area (Å²) in [5.74, 6) is 0.809. The van der Waals surface area contributed by atoms with Crippen LogP contribution in [0.4, 0.5) is 5.69 Å². The highest BCUT2D eigenvalue weighted by Gasteiger charge is 2.28. The highest BCUT2D eigenvalue weighted by atomic mass is 16.5. The largest absolute Gasteiger partial charge is 0.495 e. The number of ether oxygens (including phenoxy) is 1. The van der Waals surface area contributed by atoms with Crippen molar-refractivity contribution in [1.29, 1.82) is 0 Å². The SMILES string of the molecule is COc1cccc2c1N(C(=O)c1cc(C)no1)CCC2. The van der Waals surface area contributed by atoms with E-state index in [1.54, 1.807) is 25.0 Å². The fourth-order valence-electron chi connectivity index (χ4n) is 2.58. The Morgan fingerprint density at radius 3 is 3.00 bits per heavy atom. The van der Waals surface area contributed by atoms with Crippen LogP contribution in [0.1, 0.15) is 28.2 Å². The van der Waals surface area contributed by atoms with Crippen LogP contribution in [0.25, 0.3) is 0 Å². The van der Waals surface area contributed by atoms with Crippen molar-refractivity contribution < 1.29 is 14.1 Å². The average molecular weight is 272 g/mol. The van der Waals surface area contributed by atoms with E-state index in [2.05, 4.69) is 5.16 Å². The van der Waals surface area contributed by atoms with Gasteiger partial charge in [0.25, 0.3) is 5.91 Å². The van der Waals surface area contributed by atoms with E-state index < -0.39 is 0 Å². The van der Waals surface area contributed by atoms with Crippen LogP contribution in [-0.4, -0.2) is 24.7 Å². The highest BCUT2D eigenvalue weighted by molar-refractivity contribution is 6.05. The Hall–Kier alpha value is -2.30. The lowest BCUT2D eigenvalue weighted by Crippen LogP contribution is -2.35. The van der Waals surface area contributed by atoms with Gasteiger partial charge in [-0.3, -0.25) is 4.79 Å². The monoisotopic (exact) mass is 272 g/mol. The predicted octanol–water partition coefficient (Wildman–Crippen LogP) is 2.58. The molecule has 1 aliphatic heterocycles. The normalized spacial score (nSPS) is 14.0. The van der Waals surface area contributed by atoms with Gasteiger partial charge in [-0.05, 0) is 31.4 Å². The molecule has 1 aromatic carbocycles. The zero-order valence-electron chi connectivity index (χ0n) is 11.5. The number of benzene rings is 1. The van der Waals surface area contributed by atoms with Crippen molar-refractivity contribution in [3.05, 3.63) is 41.3 Å². The van der Waals surface area contributed by atoms with E-state index in [1.165, 1.54) is 0 Å². The van der Waals surface area contributed by atoms with E-state index in [1.807, 2.05) is 18.2 Å². The Balaban J connectivity index is 2.03. The average Bonchev–Trinajstić information content (AvgIpc) is 2.91. The summed E-state index contributed by atoms with van der Waals surface area (Å²) >= 11 is 0. The van der Waals surface area contributed by atoms with Gasteiger partial charge >= 0.3 is 0 Å². The molecule has 0 N–H and O–H groups in total. The molecule has 0 radical (unpaired) electrons. The lowest BCUT2D eigenvalue weighted by Gasteiger charge is -2.30. The number of nitrogens with zero attached hydrogens (tertiary/aromatic N) is 2. The number of anilines is 1. The van der Waals surface area contributed by atoms with Gasteiger partial charge in [0.1, 0.15) is 5.75 Å². The predicted molar refractivity (Wildman–Crippen MR) is 74.2 cm³/mol. The molecule has 5 heteroatoms. The molecule has 0 fully saturated rings. The molecule has 1 aliphatic rings. The van der Waals surface area contributed by atoms with Gasteiger partial charge < -0.3 is 14.2 Å². The number of fused-ring (bicyclic) bond motifs is 1. The summed E-state index contributed by atoms with van der Waals surface area (Å²) in [6.07, 6.45) is 1.88. The standard InChI is InChI=1S/C15H16N2O3/c1-10-9-13(20-16-10)15(18)17-8-4-6-11-5-3-7-12(19-2)14(11)17/h3,5,7,9H,4,6,8H2,1-2H3. The number of carbonyl (C=O) groups is 1. The maximum atomic E-state index is 12.6. The minimum Gasteiger partial charge on any atom is -0.495 e. The van der Waals surface area contributed by atoms with Crippen LogP contribution in [0.3, 0.4) is 0 Å². The maximum absolute atomic E-state index is 12.6. The smallest absolute Gasteiger partial charge is 0.296 e. The molecule has 0 spiro atoms. The van der Waals surface area contributed by atoms with E-state index in [-0.39, 0.29) is 11.7 Å². The number of aryl methyl sites for hydroxylation is 2. The summed E-state index contributed by atoms with van der Waals surface area (Å²) in [7, 11) is 1.62. The first-order valence-corrected chi connectivity index (χ1v) is 6.62. The van der Waals surface area contributed by atoms with Gasteiger partial charge in [-0.1, -0.05) is 17.3 Å². The van der Waals surface area contributed by atoms with Crippen LogP contribution >= 0.6 is 0 Å². The van der Waals surface area contributed by atoms with Gasteiger partial charge in [-0.2, -0.15) is 0 Å². The number of rotatable bonds is 2. The van der Waals surface area contributed by atoms with Gasteiger partial charge in [0.05, 0.1) is 18.5 Å². The highest BCUT2D eigenvalue weighted by Crippen LogP contribution is 2.36. The first-order valence-electron chi connectivity index (χ1n) is 6.62. The molecule has 0 aliphatic carbocycles. The zero-order chi connectivity index (χ0) is 14.1. The van der Waals surface area contributed by atoms with E-state index in [0.29, 0.717) is 18.0 Å². The molecule has 1 aromatic heterocycles. The molecule has 0 bridgehead atoms. The van der Waals surface area contributed by atoms with Crippen LogP contribution in [0.15, 0.2) is 28.8 Å². The van der Waals surface area contributed by atoms with E-state index >= 15 is 0 Å². The number of carbonyl (C=O) groups excluding carboxylic acids is 1. The quantitative estimate of drug-likeness (QED) is 0.843. The van der Waals surface area contributed by atoms with E-state index in [9.17, 15) is 4.79 Å². The summed E-state index contributed by atoms with van der Waals surface area (Å²) in [5, 5.41) is 3.78. The molecule has 20 heavy (non-hydrogen) atoms. The van der Waals surface area contributed by atoms with Gasteiger partial charge in [0.15, 0.2) is 0 Å². The lowest BCUT2D eigenvalue weighted by molar-refractivity contribution is 0.0948. The molecular weight excluding hydrogens is 256 g/mol. The van der Waals surface area contributed by atoms with Crippen molar-refractivity contribution in [2.75, 3.05) is 18.6 Å². The van der Waals surface area contributed by atoms with Gasteiger partial charge in [-0.15, -0.1) is 0 Å². The number of hydrogen-bond donors (Lipinski definition) is 0. The summed E-state index contributed by atoms with van der Waals surface area (Å²) in [4.78, 5) is 14.3. The summed E-state index contributed by atoms with van der Waals surface area (Å²) in [5.41, 5.74) is 2.67. The molecule has 0 unspecified atom stereocenters. The molecular formula is C15H16N2O3. The molecule has 3 rings (SSSR count). The van der Waals surface area contributed by atoms with E-state index in [4.69, 9.17) is 9.26 Å². The van der Waals surface area contributed by atoms with Crippen molar-refractivity contribution in [1.82, 2.24) is 5.16 Å². The third-order valence-corrected chi connectivity index (χ3v) is 3.48. The molecule has 0 saturated carbocycles. The molecule has 2 aromatic rings. The molecule has 1 amide bonds. The minimum atomic E-state index is -0.170. The Morgan fingerprint density at radius 2 is 2.30 bits per heavy atom. The van der Waals surface area contributed by atoms with Crippen LogP contribution in [0.2, 0.25) is 0 Å². The molecule has 0 saturated heterocycles. The molecule has 2 heterocycles. The van der Waals surface area contributed by atoms with Crippen LogP contribution in [0.5, 0.6) is 5.75 Å². The molecule has 5 nitrogen and oxygen atoms in total. The summed E-state index contributed by atoms with van der Waals surface area (Å²) in [6, 6.07) is 7.51. The summed E-state index contributed by atoms with van der Waals surface area (Å²) in [6.45, 7) is 2.46. The van der Waals surface area contributed by atoms with Crippen molar-refractivity contribution in [3.63, 3.8) is 0 Å². The van der Waals surface area contributed by atoms with Crippen molar-refractivity contribution in [3.8, 4) is 5.75 Å². The number of aromatic nitrogens is 1. The second-order valence-electron chi connectivity index (χ2n) is 4.86. The Labute approximate surface area is 117 Å². The van der Waals surface area contributed by atoms with Crippen molar-refractivity contribution >= 4 is 11.6 Å². The Morgan fingerprint density at radius 1 is 1.45 bits per heavy atom. The number of hydrogen-bond acceptors (Lipinski definition) is 4. The Bertz CT molecular complexity index is 634. The fourth-order valence-corrected chi connectivity index (χ4v) is 2.58. The second kappa shape index (κ2) is 5.00. The van der Waals surface area contributed by atoms with Crippen molar-refractivity contribution in [2.45, 2.75) is 19.8 Å². The van der Waals surface area contributed by atoms with E-state index in [0.717, 1.165) is 24.1 Å². The summed E-state index contributed by atoms with van der Waals surface area (Å²) < 4.78 is 10.5. The van der Waals surface area contributed by atoms with Gasteiger partial charge in [0, 0.05) is 12.6 Å². The number of amides is 1. The van der Waals surface area contributed by atoms with Gasteiger partial charge in [0.2, 0.25) is 5.76 Å². The molecule has 104 valence electrons. The fraction of sp³-hybridized carbons (Fsp3) is 0.333. The number of methoxy groups -OCH3 is 1. The Kier molecular flexibility index (Phi) is 3.18. The third-order valence-electron chi connectivity index (χ3n) is 3.48. The van der Waals surface area contributed by atoms with Crippen LogP contribution < -0.4 is 9.64 Å². The first kappa shape index (κ1) is 12.7. The minimum absolute atomic E-state index is 0.170. The maximum Gasteiger partial charge on any atom is 0.296 e. The van der Waals surface area contributed by atoms with Gasteiger partial charge in [-0.25, -0.2) is 0 Å². The molecule has 0 atom stereocenters. The second-order valence-corrected chi connectivity index (χ2v) is 4.86.